The van der Waals surface area contributed by atoms with Crippen LogP contribution in [0.2, 0.25) is 0 Å². The van der Waals surface area contributed by atoms with E-state index in [-0.39, 0.29) is 6.54 Å². The van der Waals surface area contributed by atoms with Gasteiger partial charge in [0.25, 0.3) is 11.8 Å². The average Bonchev–Trinajstić information content (AvgIpc) is 3.22. The molecule has 1 aromatic rings. The second-order valence-corrected chi connectivity index (χ2v) is 7.57. The summed E-state index contributed by atoms with van der Waals surface area (Å²) in [7, 11) is 1.51. The van der Waals surface area contributed by atoms with Crippen LogP contribution < -0.4 is 5.32 Å². The predicted molar refractivity (Wildman–Crippen MR) is 99.9 cm³/mol. The van der Waals surface area contributed by atoms with Crippen LogP contribution in [0, 0.1) is 5.82 Å². The monoisotopic (exact) mass is 405 g/mol. The summed E-state index contributed by atoms with van der Waals surface area (Å²) >= 11 is 0. The summed E-state index contributed by atoms with van der Waals surface area (Å²) in [6, 6.07) is 5.23. The molecule has 3 rings (SSSR count). The van der Waals surface area contributed by atoms with E-state index in [0.29, 0.717) is 18.4 Å². The Morgan fingerprint density at radius 1 is 1.31 bits per heavy atom. The van der Waals surface area contributed by atoms with Crippen molar-refractivity contribution in [2.45, 2.75) is 50.8 Å². The molecule has 0 unspecified atom stereocenters. The maximum absolute atomic E-state index is 13.3. The lowest BCUT2D eigenvalue weighted by Gasteiger charge is -2.22. The summed E-state index contributed by atoms with van der Waals surface area (Å²) in [6.07, 6.45) is 1.69. The highest BCUT2D eigenvalue weighted by Crippen LogP contribution is 2.34. The van der Waals surface area contributed by atoms with Crippen LogP contribution in [0.1, 0.15) is 38.2 Å². The number of ether oxygens (including phenoxy) is 1. The van der Waals surface area contributed by atoms with E-state index >= 15 is 0 Å². The van der Waals surface area contributed by atoms with E-state index in [1.54, 1.807) is 12.1 Å². The highest BCUT2D eigenvalue weighted by molar-refractivity contribution is 6.08. The largest absolute Gasteiger partial charge is 0.451 e. The van der Waals surface area contributed by atoms with Crippen LogP contribution in [0.3, 0.4) is 0 Å². The molecule has 1 spiro atoms. The maximum Gasteiger partial charge on any atom is 0.327 e. The Hall–Kier alpha value is -2.97. The standard InChI is InChI=1S/C20H24FN3O5/c1-13(17(26)23(2)11-14-6-5-7-15(21)10-14)29-16(25)12-24-18(27)20(22-19(24)28)8-3-4-9-20/h5-7,10,13H,3-4,8-9,11-12H2,1-2H3,(H,22,28)/t13-/m1/s1. The summed E-state index contributed by atoms with van der Waals surface area (Å²) in [5, 5.41) is 2.68. The van der Waals surface area contributed by atoms with E-state index in [0.717, 1.165) is 17.7 Å². The summed E-state index contributed by atoms with van der Waals surface area (Å²) < 4.78 is 18.4. The van der Waals surface area contributed by atoms with Crippen LogP contribution in [0.4, 0.5) is 9.18 Å². The second-order valence-electron chi connectivity index (χ2n) is 7.57. The molecule has 1 aliphatic heterocycles. The molecule has 1 aromatic carbocycles. The number of halogens is 1. The Morgan fingerprint density at radius 3 is 2.66 bits per heavy atom. The first kappa shape index (κ1) is 20.8. The van der Waals surface area contributed by atoms with Crippen LogP contribution in [0.25, 0.3) is 0 Å². The maximum atomic E-state index is 13.3. The van der Waals surface area contributed by atoms with Crippen molar-refractivity contribution in [1.29, 1.82) is 0 Å². The zero-order chi connectivity index (χ0) is 21.2. The molecule has 1 N–H and O–H groups in total. The van der Waals surface area contributed by atoms with E-state index in [1.807, 2.05) is 0 Å². The number of nitrogens with one attached hydrogen (secondary N) is 1. The van der Waals surface area contributed by atoms with Gasteiger partial charge in [0.1, 0.15) is 17.9 Å². The number of carbonyl (C=O) groups excluding carboxylic acids is 4. The number of esters is 1. The van der Waals surface area contributed by atoms with E-state index in [4.69, 9.17) is 4.74 Å². The van der Waals surface area contributed by atoms with Gasteiger partial charge in [-0.1, -0.05) is 25.0 Å². The molecule has 156 valence electrons. The van der Waals surface area contributed by atoms with Crippen molar-refractivity contribution in [3.05, 3.63) is 35.6 Å². The Kier molecular flexibility index (Phi) is 5.86. The number of carbonyl (C=O) groups is 4. The van der Waals surface area contributed by atoms with E-state index in [9.17, 15) is 23.6 Å². The van der Waals surface area contributed by atoms with Gasteiger partial charge in [-0.25, -0.2) is 9.18 Å². The Bertz CT molecular complexity index is 837. The number of nitrogens with zero attached hydrogens (tertiary/aromatic N) is 2. The molecular formula is C20H24FN3O5. The lowest BCUT2D eigenvalue weighted by atomic mass is 9.98. The molecule has 29 heavy (non-hydrogen) atoms. The van der Waals surface area contributed by atoms with Gasteiger partial charge in [-0.3, -0.25) is 19.3 Å². The van der Waals surface area contributed by atoms with Gasteiger partial charge >= 0.3 is 12.0 Å². The Morgan fingerprint density at radius 2 is 2.00 bits per heavy atom. The molecule has 2 fully saturated rings. The predicted octanol–water partition coefficient (Wildman–Crippen LogP) is 1.58. The molecule has 2 aliphatic rings. The lowest BCUT2D eigenvalue weighted by Crippen LogP contribution is -2.45. The van der Waals surface area contributed by atoms with Crippen LogP contribution >= 0.6 is 0 Å². The summed E-state index contributed by atoms with van der Waals surface area (Å²) in [5.74, 6) is -2.15. The Labute approximate surface area is 168 Å². The fourth-order valence-corrected chi connectivity index (χ4v) is 3.85. The number of hydrogen-bond acceptors (Lipinski definition) is 5. The molecule has 1 heterocycles. The number of hydrogen-bond donors (Lipinski definition) is 1. The quantitative estimate of drug-likeness (QED) is 0.573. The second kappa shape index (κ2) is 8.18. The third-order valence-corrected chi connectivity index (χ3v) is 5.33. The van der Waals surface area contributed by atoms with Crippen molar-refractivity contribution in [1.82, 2.24) is 15.1 Å². The van der Waals surface area contributed by atoms with Crippen molar-refractivity contribution in [2.24, 2.45) is 0 Å². The minimum atomic E-state index is -1.11. The minimum Gasteiger partial charge on any atom is -0.451 e. The number of likely N-dealkylation sites (N-methyl/N-ethyl adjacent to an activating group) is 1. The number of urea groups is 1. The average molecular weight is 405 g/mol. The Balaban J connectivity index is 1.54. The fourth-order valence-electron chi connectivity index (χ4n) is 3.85. The molecule has 9 heteroatoms. The minimum absolute atomic E-state index is 0.147. The molecule has 1 aliphatic carbocycles. The van der Waals surface area contributed by atoms with Gasteiger partial charge in [-0.15, -0.1) is 0 Å². The van der Waals surface area contributed by atoms with Crippen LogP contribution in [-0.4, -0.2) is 58.8 Å². The van der Waals surface area contributed by atoms with Crippen LogP contribution in [0.5, 0.6) is 0 Å². The number of benzene rings is 1. The van der Waals surface area contributed by atoms with Gasteiger partial charge < -0.3 is 15.0 Å². The summed E-state index contributed by atoms with van der Waals surface area (Å²) in [6.45, 7) is 1.01. The van der Waals surface area contributed by atoms with Crippen molar-refractivity contribution in [2.75, 3.05) is 13.6 Å². The van der Waals surface area contributed by atoms with E-state index in [1.165, 1.54) is 31.0 Å². The SMILES string of the molecule is C[C@@H](OC(=O)CN1C(=O)NC2(CCCC2)C1=O)C(=O)N(C)Cc1cccc(F)c1. The van der Waals surface area contributed by atoms with Gasteiger partial charge in [-0.05, 0) is 37.5 Å². The zero-order valence-corrected chi connectivity index (χ0v) is 16.4. The number of rotatable bonds is 6. The molecule has 0 bridgehead atoms. The van der Waals surface area contributed by atoms with E-state index in [2.05, 4.69) is 5.32 Å². The normalized spacial score (nSPS) is 18.7. The van der Waals surface area contributed by atoms with Crippen LogP contribution in [0.15, 0.2) is 24.3 Å². The van der Waals surface area contributed by atoms with Gasteiger partial charge in [-0.2, -0.15) is 0 Å². The third kappa shape index (κ3) is 4.38. The van der Waals surface area contributed by atoms with Crippen molar-refractivity contribution in [3.63, 3.8) is 0 Å². The fraction of sp³-hybridized carbons (Fsp3) is 0.500. The molecule has 1 saturated heterocycles. The highest BCUT2D eigenvalue weighted by atomic mass is 19.1. The molecule has 8 nitrogen and oxygen atoms in total. The molecule has 0 aromatic heterocycles. The molecule has 1 atom stereocenters. The zero-order valence-electron chi connectivity index (χ0n) is 16.4. The third-order valence-electron chi connectivity index (χ3n) is 5.33. The molecule has 0 radical (unpaired) electrons. The van der Waals surface area contributed by atoms with Gasteiger partial charge in [0.05, 0.1) is 0 Å². The molecule has 1 saturated carbocycles. The lowest BCUT2D eigenvalue weighted by molar-refractivity contribution is -0.160. The van der Waals surface area contributed by atoms with Gasteiger partial charge in [0.2, 0.25) is 0 Å². The van der Waals surface area contributed by atoms with Crippen molar-refractivity contribution >= 4 is 23.8 Å². The molecular weight excluding hydrogens is 381 g/mol. The summed E-state index contributed by atoms with van der Waals surface area (Å²) in [4.78, 5) is 51.5. The van der Waals surface area contributed by atoms with Crippen LogP contribution in [-0.2, 0) is 25.7 Å². The van der Waals surface area contributed by atoms with E-state index < -0.39 is 47.8 Å². The number of imide groups is 1. The first-order chi connectivity index (χ1) is 13.7. The topological polar surface area (TPSA) is 96.0 Å². The van der Waals surface area contributed by atoms with Crippen molar-refractivity contribution in [3.8, 4) is 0 Å². The molecule has 4 amide bonds. The number of amides is 4. The smallest absolute Gasteiger partial charge is 0.327 e. The first-order valence-corrected chi connectivity index (χ1v) is 9.55. The highest BCUT2D eigenvalue weighted by Gasteiger charge is 2.52. The van der Waals surface area contributed by atoms with Crippen molar-refractivity contribution < 1.29 is 28.3 Å². The van der Waals surface area contributed by atoms with Gasteiger partial charge in [0.15, 0.2) is 6.10 Å². The summed E-state index contributed by atoms with van der Waals surface area (Å²) in [5.41, 5.74) is -0.301. The first-order valence-electron chi connectivity index (χ1n) is 9.55. The van der Waals surface area contributed by atoms with Gasteiger partial charge in [0, 0.05) is 13.6 Å².